The van der Waals surface area contributed by atoms with Crippen LogP contribution in [-0.2, 0) is 13.1 Å². The van der Waals surface area contributed by atoms with Gasteiger partial charge in [-0.2, -0.15) is 0 Å². The van der Waals surface area contributed by atoms with Crippen molar-refractivity contribution >= 4 is 58.8 Å². The van der Waals surface area contributed by atoms with E-state index >= 15 is 0 Å². The molecule has 2 aromatic heterocycles. The van der Waals surface area contributed by atoms with Gasteiger partial charge in [0.2, 0.25) is 0 Å². The lowest BCUT2D eigenvalue weighted by molar-refractivity contribution is 0.0858. The van der Waals surface area contributed by atoms with Gasteiger partial charge in [-0.05, 0) is 185 Å². The number of carbonyl (C=O) groups excluding carboxylic acids is 10. The van der Waals surface area contributed by atoms with Crippen molar-refractivity contribution in [2.45, 2.75) is 165 Å². The molecule has 92 heavy (non-hydrogen) atoms. The van der Waals surface area contributed by atoms with Gasteiger partial charge in [-0.1, -0.05) is 49.9 Å². The summed E-state index contributed by atoms with van der Waals surface area (Å²) in [5.74, 6) is -3.68. The van der Waals surface area contributed by atoms with Gasteiger partial charge in [0.05, 0.1) is 11.4 Å². The number of carbonyl (C=O) groups is 10. The first kappa shape index (κ1) is 62.5. The molecule has 4 heterocycles. The van der Waals surface area contributed by atoms with Crippen LogP contribution in [0.1, 0.15) is 230 Å². The van der Waals surface area contributed by atoms with E-state index in [1.165, 1.54) is 24.5 Å². The van der Waals surface area contributed by atoms with Gasteiger partial charge in [-0.15, -0.1) is 0 Å². The SMILES string of the molecule is O=C1CC2CCCC[C@H]2NC(=O)c2cc(CNC(=O)c3ccnc(-c4cc(C(=O)NCc5cc6cc(c5)C(=O)N[C@@H]5CCCCC5CC(=O)c5cccc(c5)C(=O)N[C@@H]5CCCC(C5)NC6=O)ccn4)c3)cc(c2)C(=O)NC2CCCC(C2)NC(=O)c2cccc1c2. The third-order valence-corrected chi connectivity index (χ3v) is 19.2. The lowest BCUT2D eigenvalue weighted by atomic mass is 9.80. The minimum atomic E-state index is -0.490. The molecular formula is C72H76N10O10. The molecule has 0 radical (unpaired) electrons. The van der Waals surface area contributed by atoms with Gasteiger partial charge in [0.25, 0.3) is 47.3 Å². The molecular weight excluding hydrogens is 1160 g/mol. The van der Waals surface area contributed by atoms with E-state index in [2.05, 4.69) is 52.5 Å². The zero-order valence-corrected chi connectivity index (χ0v) is 51.3. The Labute approximate surface area is 533 Å². The molecule has 20 heteroatoms. The van der Waals surface area contributed by atoms with Crippen LogP contribution in [0.5, 0.6) is 0 Å². The number of rotatable bonds is 7. The molecule has 8 amide bonds. The molecule has 12 bridgehead atoms. The van der Waals surface area contributed by atoms with E-state index in [0.717, 1.165) is 64.2 Å². The first-order valence-electron chi connectivity index (χ1n) is 32.5. The number of Topliss-reactive ketones (excluding diaryl/α,β-unsaturated/α-hetero) is 2. The number of aromatic nitrogens is 2. The second kappa shape index (κ2) is 28.2. The van der Waals surface area contributed by atoms with Crippen LogP contribution < -0.4 is 42.5 Å². The largest absolute Gasteiger partial charge is 0.349 e. The van der Waals surface area contributed by atoms with Gasteiger partial charge in [0, 0.05) is 130 Å². The van der Waals surface area contributed by atoms with E-state index in [1.807, 2.05) is 0 Å². The number of nitrogens with zero attached hydrogens (tertiary/aromatic N) is 2. The van der Waals surface area contributed by atoms with E-state index < -0.39 is 35.4 Å². The molecule has 8 N–H and O–H groups in total. The number of amides is 8. The molecule has 5 unspecified atom stereocenters. The minimum absolute atomic E-state index is 0.0667. The summed E-state index contributed by atoms with van der Waals surface area (Å²) in [6.07, 6.45) is 14.9. The average Bonchev–Trinajstić information content (AvgIpc) is 1.34. The second-order valence-corrected chi connectivity index (χ2v) is 25.7. The van der Waals surface area contributed by atoms with Gasteiger partial charge >= 0.3 is 0 Å². The van der Waals surface area contributed by atoms with Crippen LogP contribution in [0.3, 0.4) is 0 Å². The predicted molar refractivity (Wildman–Crippen MR) is 342 cm³/mol. The standard InChI is InChI=1S/C72H76N10O10/c83-63-35-43-9-1-3-19-59(43)81-71(91)53-27-41(25-51(31-53)69(89)79-57-17-7-15-55(37-57)77-67(87)47-13-5-11-45(63)29-47)39-75-65(85)49-21-23-73-61(33-49)62-34-50(22-24-74-62)66(86)76-40-42-26-52-32-54(28-42)72(92)82-60-20-4-2-10-44(60)36-64(84)46-12-6-14-48(30-46)68(88)78-56-16-8-18-58(38-56)80-70(52)90/h5-6,11-14,21-34,43-44,55-60H,1-4,7-10,15-20,35-40H2,(H,75,85)(H,76,86)(H,77,87)(H,78,88)(H,79,89)(H,80,90)(H,81,91)(H,82,92)/t43?,44?,55-,56?,57?,58?,59-,60-/m1/s1. The van der Waals surface area contributed by atoms with Gasteiger partial charge in [-0.25, -0.2) is 0 Å². The van der Waals surface area contributed by atoms with Crippen LogP contribution in [0, 0.1) is 11.8 Å². The maximum Gasteiger partial charge on any atom is 0.251 e. The Hall–Kier alpha value is -9.72. The second-order valence-electron chi connectivity index (χ2n) is 25.7. The van der Waals surface area contributed by atoms with Crippen molar-refractivity contribution in [3.05, 3.63) is 188 Å². The zero-order valence-electron chi connectivity index (χ0n) is 51.3. The zero-order chi connectivity index (χ0) is 63.8. The minimum Gasteiger partial charge on any atom is -0.349 e. The van der Waals surface area contributed by atoms with Gasteiger partial charge < -0.3 is 42.5 Å². The van der Waals surface area contributed by atoms with E-state index in [-0.39, 0.29) is 131 Å². The molecule has 474 valence electrons. The number of hydrogen-bond acceptors (Lipinski definition) is 12. The molecule has 20 nitrogen and oxygen atoms in total. The quantitative estimate of drug-likeness (QED) is 0.0745. The number of benzene rings is 4. The molecule has 4 aliphatic carbocycles. The predicted octanol–water partition coefficient (Wildman–Crippen LogP) is 8.70. The summed E-state index contributed by atoms with van der Waals surface area (Å²) in [5.41, 5.74) is 4.55. The Morgan fingerprint density at radius 3 is 1.10 bits per heavy atom. The summed E-state index contributed by atoms with van der Waals surface area (Å²) >= 11 is 0. The summed E-state index contributed by atoms with van der Waals surface area (Å²) in [4.78, 5) is 149. The summed E-state index contributed by atoms with van der Waals surface area (Å²) in [7, 11) is 0. The van der Waals surface area contributed by atoms with Gasteiger partial charge in [0.1, 0.15) is 0 Å². The van der Waals surface area contributed by atoms with Gasteiger partial charge in [-0.3, -0.25) is 57.9 Å². The van der Waals surface area contributed by atoms with Crippen molar-refractivity contribution in [2.24, 2.45) is 11.8 Å². The fourth-order valence-electron chi connectivity index (χ4n) is 14.3. The number of pyridine rings is 2. The molecule has 4 saturated carbocycles. The fraction of sp³-hybridized carbons (Fsp3) is 0.389. The Morgan fingerprint density at radius 2 is 0.707 bits per heavy atom. The highest BCUT2D eigenvalue weighted by molar-refractivity contribution is 6.04. The molecule has 8 atom stereocenters. The summed E-state index contributed by atoms with van der Waals surface area (Å²) in [6.45, 7) is -0.133. The van der Waals surface area contributed by atoms with Crippen LogP contribution in [-0.4, -0.2) is 105 Å². The average molecular weight is 1240 g/mol. The molecule has 0 spiro atoms. The van der Waals surface area contributed by atoms with Crippen LogP contribution >= 0.6 is 0 Å². The van der Waals surface area contributed by atoms with Crippen LogP contribution in [0.15, 0.2) is 122 Å². The first-order valence-corrected chi connectivity index (χ1v) is 32.5. The Morgan fingerprint density at radius 1 is 0.370 bits per heavy atom. The fourth-order valence-corrected chi connectivity index (χ4v) is 14.3. The van der Waals surface area contributed by atoms with Crippen molar-refractivity contribution in [1.29, 1.82) is 0 Å². The third kappa shape index (κ3) is 15.2. The maximum absolute atomic E-state index is 14.3. The molecule has 4 aromatic carbocycles. The van der Waals surface area contributed by atoms with Gasteiger partial charge in [0.15, 0.2) is 11.6 Å². The lowest BCUT2D eigenvalue weighted by Gasteiger charge is -2.32. The molecule has 12 rings (SSSR count). The third-order valence-electron chi connectivity index (χ3n) is 19.2. The highest BCUT2D eigenvalue weighted by atomic mass is 16.2. The Balaban J connectivity index is 0.735. The number of fused-ring (bicyclic) bond motifs is 14. The number of ketones is 2. The van der Waals surface area contributed by atoms with Crippen molar-refractivity contribution in [3.8, 4) is 11.4 Å². The molecule has 0 saturated heterocycles. The molecule has 6 aromatic rings. The normalized spacial score (nSPS) is 24.0. The molecule has 2 aliphatic heterocycles. The monoisotopic (exact) mass is 1240 g/mol. The van der Waals surface area contributed by atoms with E-state index in [1.54, 1.807) is 97.1 Å². The van der Waals surface area contributed by atoms with E-state index in [4.69, 9.17) is 0 Å². The Bertz CT molecular complexity index is 3660. The van der Waals surface area contributed by atoms with Crippen LogP contribution in [0.2, 0.25) is 0 Å². The van der Waals surface area contributed by atoms with Crippen LogP contribution in [0.25, 0.3) is 11.4 Å². The first-order chi connectivity index (χ1) is 44.6. The lowest BCUT2D eigenvalue weighted by Crippen LogP contribution is -2.46. The summed E-state index contributed by atoms with van der Waals surface area (Å²) in [6, 6.07) is 27.7. The molecule has 6 aliphatic rings. The van der Waals surface area contributed by atoms with E-state index in [0.29, 0.717) is 83.3 Å². The van der Waals surface area contributed by atoms with Crippen molar-refractivity contribution in [3.63, 3.8) is 0 Å². The maximum atomic E-state index is 14.3. The topological polar surface area (TPSA) is 293 Å². The summed E-state index contributed by atoms with van der Waals surface area (Å²) < 4.78 is 0. The van der Waals surface area contributed by atoms with Crippen molar-refractivity contribution in [1.82, 2.24) is 52.5 Å². The highest BCUT2D eigenvalue weighted by Crippen LogP contribution is 2.32. The van der Waals surface area contributed by atoms with Crippen LogP contribution in [0.4, 0.5) is 0 Å². The van der Waals surface area contributed by atoms with Crippen molar-refractivity contribution in [2.75, 3.05) is 0 Å². The summed E-state index contributed by atoms with van der Waals surface area (Å²) in [5, 5.41) is 24.7. The smallest absolute Gasteiger partial charge is 0.251 e. The Kier molecular flexibility index (Phi) is 19.2. The number of nitrogens with one attached hydrogen (secondary N) is 8. The number of hydrogen-bond donors (Lipinski definition) is 8. The van der Waals surface area contributed by atoms with E-state index in [9.17, 15) is 47.9 Å². The highest BCUT2D eigenvalue weighted by Gasteiger charge is 2.34. The molecule has 4 fully saturated rings. The van der Waals surface area contributed by atoms with Crippen molar-refractivity contribution < 1.29 is 47.9 Å².